The average Bonchev–Trinajstić information content (AvgIpc) is 3.23. The minimum Gasteiger partial charge on any atom is -0.480 e. The molecule has 1 unspecified atom stereocenters. The zero-order valence-electron chi connectivity index (χ0n) is 20.5. The van der Waals surface area contributed by atoms with E-state index in [1.807, 2.05) is 30.3 Å². The molecule has 0 spiro atoms. The van der Waals surface area contributed by atoms with Crippen LogP contribution in [0.5, 0.6) is 5.75 Å². The molecule has 36 heavy (non-hydrogen) atoms. The number of amides is 1. The van der Waals surface area contributed by atoms with Crippen LogP contribution in [-0.2, 0) is 16.8 Å². The Bertz CT molecular complexity index is 1350. The SMILES string of the molecule is CNc1ccc(C#N)c(-c2c(Cl)ccc3c2CC(CNC(=O)OC(C)(C)C)(c2ccccc2)O3)c1F. The molecule has 1 aliphatic rings. The van der Waals surface area contributed by atoms with Gasteiger partial charge in [-0.2, -0.15) is 5.26 Å². The predicted octanol–water partition coefficient (Wildman–Crippen LogP) is 6.41. The number of benzene rings is 3. The van der Waals surface area contributed by atoms with Crippen LogP contribution in [0.25, 0.3) is 11.1 Å². The quantitative estimate of drug-likeness (QED) is 0.416. The molecule has 3 aromatic rings. The summed E-state index contributed by atoms with van der Waals surface area (Å²) in [7, 11) is 1.61. The van der Waals surface area contributed by atoms with Gasteiger partial charge in [-0.3, -0.25) is 0 Å². The number of nitrogens with zero attached hydrogens (tertiary/aromatic N) is 1. The van der Waals surface area contributed by atoms with E-state index in [9.17, 15) is 10.1 Å². The van der Waals surface area contributed by atoms with Gasteiger partial charge in [-0.25, -0.2) is 9.18 Å². The van der Waals surface area contributed by atoms with Crippen molar-refractivity contribution >= 4 is 23.4 Å². The van der Waals surface area contributed by atoms with E-state index in [0.717, 1.165) is 5.56 Å². The van der Waals surface area contributed by atoms with E-state index in [-0.39, 0.29) is 29.8 Å². The summed E-state index contributed by atoms with van der Waals surface area (Å²) in [5, 5.41) is 15.7. The summed E-state index contributed by atoms with van der Waals surface area (Å²) < 4.78 is 27.5. The number of fused-ring (bicyclic) bond motifs is 1. The van der Waals surface area contributed by atoms with Gasteiger partial charge in [0.25, 0.3) is 0 Å². The summed E-state index contributed by atoms with van der Waals surface area (Å²) in [6.45, 7) is 5.46. The molecule has 0 fully saturated rings. The number of hydrogen-bond donors (Lipinski definition) is 2. The third kappa shape index (κ3) is 4.82. The zero-order valence-corrected chi connectivity index (χ0v) is 21.3. The van der Waals surface area contributed by atoms with Gasteiger partial charge >= 0.3 is 6.09 Å². The Kier molecular flexibility index (Phi) is 6.83. The fraction of sp³-hybridized carbons (Fsp3) is 0.286. The van der Waals surface area contributed by atoms with Crippen molar-refractivity contribution in [2.75, 3.05) is 18.9 Å². The highest BCUT2D eigenvalue weighted by Crippen LogP contribution is 2.49. The Hall–Kier alpha value is -3.76. The van der Waals surface area contributed by atoms with Gasteiger partial charge in [0, 0.05) is 35.2 Å². The Morgan fingerprint density at radius 2 is 1.89 bits per heavy atom. The van der Waals surface area contributed by atoms with Gasteiger partial charge in [-0.1, -0.05) is 41.9 Å². The Labute approximate surface area is 215 Å². The van der Waals surface area contributed by atoms with Crippen LogP contribution >= 0.6 is 11.6 Å². The van der Waals surface area contributed by atoms with Crippen LogP contribution in [0.1, 0.15) is 37.5 Å². The minimum atomic E-state index is -0.996. The molecular formula is C28H27ClFN3O3. The number of anilines is 1. The second-order valence-electron chi connectivity index (χ2n) is 9.61. The second kappa shape index (κ2) is 9.71. The summed E-state index contributed by atoms with van der Waals surface area (Å²) in [5.41, 5.74) is 0.736. The van der Waals surface area contributed by atoms with Crippen molar-refractivity contribution in [3.05, 3.63) is 82.1 Å². The van der Waals surface area contributed by atoms with Crippen LogP contribution in [0.3, 0.4) is 0 Å². The molecule has 0 aromatic heterocycles. The molecule has 0 saturated heterocycles. The fourth-order valence-corrected chi connectivity index (χ4v) is 4.68. The van der Waals surface area contributed by atoms with Crippen LogP contribution in [0.15, 0.2) is 54.6 Å². The van der Waals surface area contributed by atoms with E-state index in [2.05, 4.69) is 16.7 Å². The molecule has 0 radical (unpaired) electrons. The van der Waals surface area contributed by atoms with Crippen molar-refractivity contribution in [1.82, 2.24) is 5.32 Å². The topological polar surface area (TPSA) is 83.4 Å². The number of carbonyl (C=O) groups excluding carboxylic acids is 1. The lowest BCUT2D eigenvalue weighted by atomic mass is 9.85. The number of ether oxygens (including phenoxy) is 2. The van der Waals surface area contributed by atoms with Crippen LogP contribution in [0.2, 0.25) is 5.02 Å². The van der Waals surface area contributed by atoms with E-state index >= 15 is 4.39 Å². The Morgan fingerprint density at radius 3 is 2.53 bits per heavy atom. The molecule has 6 nitrogen and oxygen atoms in total. The lowest BCUT2D eigenvalue weighted by molar-refractivity contribution is 0.0415. The molecule has 1 heterocycles. The highest BCUT2D eigenvalue weighted by Gasteiger charge is 2.44. The summed E-state index contributed by atoms with van der Waals surface area (Å²) in [6.07, 6.45) is -0.290. The first-order valence-electron chi connectivity index (χ1n) is 11.5. The normalized spacial score (nSPS) is 16.5. The van der Waals surface area contributed by atoms with Crippen molar-refractivity contribution in [1.29, 1.82) is 5.26 Å². The number of rotatable bonds is 5. The summed E-state index contributed by atoms with van der Waals surface area (Å²) in [5.74, 6) is -0.0710. The standard InChI is InChI=1S/C28H27ClFN3O3/c1-27(2,3)36-26(34)33-16-28(18-8-6-5-7-9-18)14-19-22(35-28)13-11-20(29)24(19)23-17(15-31)10-12-21(32-4)25(23)30/h5-13,32H,14,16H2,1-4H3,(H,33,34). The monoisotopic (exact) mass is 507 g/mol. The summed E-state index contributed by atoms with van der Waals surface area (Å²) in [6, 6.07) is 18.0. The number of nitrogens with one attached hydrogen (secondary N) is 2. The van der Waals surface area contributed by atoms with E-state index in [1.54, 1.807) is 46.0 Å². The Balaban J connectivity index is 1.82. The van der Waals surface area contributed by atoms with Gasteiger partial charge in [-0.05, 0) is 50.6 Å². The maximum Gasteiger partial charge on any atom is 0.407 e. The molecule has 1 amide bonds. The molecule has 0 aliphatic carbocycles. The van der Waals surface area contributed by atoms with Gasteiger partial charge in [0.05, 0.1) is 23.9 Å². The molecule has 0 bridgehead atoms. The Morgan fingerprint density at radius 1 is 1.17 bits per heavy atom. The molecule has 1 atom stereocenters. The highest BCUT2D eigenvalue weighted by atomic mass is 35.5. The van der Waals surface area contributed by atoms with Gasteiger partial charge < -0.3 is 20.1 Å². The average molecular weight is 508 g/mol. The molecular weight excluding hydrogens is 481 g/mol. The fourth-order valence-electron chi connectivity index (χ4n) is 4.41. The first-order chi connectivity index (χ1) is 17.1. The number of halogens is 2. The van der Waals surface area contributed by atoms with Crippen LogP contribution < -0.4 is 15.4 Å². The van der Waals surface area contributed by atoms with Crippen molar-refractivity contribution in [2.24, 2.45) is 0 Å². The van der Waals surface area contributed by atoms with Gasteiger partial charge in [-0.15, -0.1) is 0 Å². The summed E-state index contributed by atoms with van der Waals surface area (Å²) in [4.78, 5) is 12.5. The van der Waals surface area contributed by atoms with Crippen LogP contribution in [-0.4, -0.2) is 25.3 Å². The van der Waals surface area contributed by atoms with E-state index in [4.69, 9.17) is 21.1 Å². The second-order valence-corrected chi connectivity index (χ2v) is 10.0. The maximum atomic E-state index is 15.6. The lowest BCUT2D eigenvalue weighted by Crippen LogP contribution is -2.45. The van der Waals surface area contributed by atoms with Crippen molar-refractivity contribution in [3.8, 4) is 22.9 Å². The summed E-state index contributed by atoms with van der Waals surface area (Å²) >= 11 is 6.64. The lowest BCUT2D eigenvalue weighted by Gasteiger charge is -2.30. The highest BCUT2D eigenvalue weighted by molar-refractivity contribution is 6.33. The first-order valence-corrected chi connectivity index (χ1v) is 11.9. The number of alkyl carbamates (subject to hydrolysis) is 1. The van der Waals surface area contributed by atoms with Gasteiger partial charge in [0.2, 0.25) is 0 Å². The van der Waals surface area contributed by atoms with E-state index < -0.39 is 23.1 Å². The van der Waals surface area contributed by atoms with Crippen molar-refractivity contribution in [2.45, 2.75) is 38.4 Å². The largest absolute Gasteiger partial charge is 0.480 e. The third-order valence-corrected chi connectivity index (χ3v) is 6.30. The maximum absolute atomic E-state index is 15.6. The van der Waals surface area contributed by atoms with Gasteiger partial charge in [0.1, 0.15) is 11.4 Å². The smallest absolute Gasteiger partial charge is 0.407 e. The number of carbonyl (C=O) groups is 1. The molecule has 2 N–H and O–H groups in total. The molecule has 4 rings (SSSR count). The molecule has 1 aliphatic heterocycles. The van der Waals surface area contributed by atoms with E-state index in [1.165, 1.54) is 6.07 Å². The third-order valence-electron chi connectivity index (χ3n) is 5.99. The zero-order chi connectivity index (χ0) is 26.1. The molecule has 8 heteroatoms. The van der Waals surface area contributed by atoms with Crippen LogP contribution in [0.4, 0.5) is 14.9 Å². The van der Waals surface area contributed by atoms with Crippen molar-refractivity contribution in [3.63, 3.8) is 0 Å². The predicted molar refractivity (Wildman–Crippen MR) is 138 cm³/mol. The number of nitriles is 1. The minimum absolute atomic E-state index is 0.0990. The molecule has 3 aromatic carbocycles. The molecule has 0 saturated carbocycles. The molecule has 186 valence electrons. The van der Waals surface area contributed by atoms with Crippen LogP contribution in [0, 0.1) is 17.1 Å². The van der Waals surface area contributed by atoms with Gasteiger partial charge in [0.15, 0.2) is 11.4 Å². The first kappa shape index (κ1) is 25.3. The van der Waals surface area contributed by atoms with E-state index in [0.29, 0.717) is 21.9 Å². The van der Waals surface area contributed by atoms with Crippen molar-refractivity contribution < 1.29 is 18.7 Å². The number of hydrogen-bond acceptors (Lipinski definition) is 5.